The molecular formula is C21H24ClN3O4. The molecule has 154 valence electrons. The van der Waals surface area contributed by atoms with Gasteiger partial charge in [-0.15, -0.1) is 0 Å². The second-order valence-corrected chi connectivity index (χ2v) is 6.77. The van der Waals surface area contributed by atoms with Crippen molar-refractivity contribution in [1.29, 1.82) is 0 Å². The first-order chi connectivity index (χ1) is 13.9. The van der Waals surface area contributed by atoms with Crippen LogP contribution in [0.15, 0.2) is 48.7 Å². The van der Waals surface area contributed by atoms with Crippen LogP contribution in [0, 0.1) is 0 Å². The van der Waals surface area contributed by atoms with Gasteiger partial charge in [0, 0.05) is 42.3 Å². The van der Waals surface area contributed by atoms with Crippen LogP contribution in [0.3, 0.4) is 0 Å². The Balaban J connectivity index is 0.000000537. The summed E-state index contributed by atoms with van der Waals surface area (Å²) in [6, 6.07) is 12.8. The number of ether oxygens (including phenoxy) is 2. The van der Waals surface area contributed by atoms with E-state index in [1.54, 1.807) is 46.5 Å². The summed E-state index contributed by atoms with van der Waals surface area (Å²) < 4.78 is 12.3. The Kier molecular flexibility index (Phi) is 7.91. The third-order valence-electron chi connectivity index (χ3n) is 3.94. The van der Waals surface area contributed by atoms with Crippen molar-refractivity contribution in [3.63, 3.8) is 0 Å². The molecule has 0 saturated carbocycles. The molecule has 2 aromatic carbocycles. The van der Waals surface area contributed by atoms with Crippen LogP contribution < -0.4 is 14.8 Å². The molecule has 0 spiro atoms. The van der Waals surface area contributed by atoms with E-state index < -0.39 is 0 Å². The van der Waals surface area contributed by atoms with Crippen LogP contribution in [0.4, 0.5) is 5.69 Å². The summed E-state index contributed by atoms with van der Waals surface area (Å²) in [7, 11) is 6.50. The Morgan fingerprint density at radius 3 is 2.48 bits per heavy atom. The highest BCUT2D eigenvalue weighted by Gasteiger charge is 2.11. The minimum atomic E-state index is -0.147. The van der Waals surface area contributed by atoms with Crippen molar-refractivity contribution >= 4 is 40.5 Å². The van der Waals surface area contributed by atoms with Gasteiger partial charge in [0.25, 0.3) is 0 Å². The van der Waals surface area contributed by atoms with Crippen molar-refractivity contribution in [2.45, 2.75) is 6.54 Å². The molecule has 29 heavy (non-hydrogen) atoms. The van der Waals surface area contributed by atoms with Crippen LogP contribution >= 0.6 is 11.6 Å². The number of nitrogens with zero attached hydrogens (tertiary/aromatic N) is 2. The molecule has 3 aromatic rings. The van der Waals surface area contributed by atoms with Gasteiger partial charge in [0.2, 0.25) is 12.3 Å². The lowest BCUT2D eigenvalue weighted by atomic mass is 10.2. The number of hydrogen-bond donors (Lipinski definition) is 1. The summed E-state index contributed by atoms with van der Waals surface area (Å²) in [4.78, 5) is 23.2. The Bertz CT molecular complexity index is 985. The van der Waals surface area contributed by atoms with Gasteiger partial charge < -0.3 is 24.3 Å². The highest BCUT2D eigenvalue weighted by atomic mass is 35.5. The predicted octanol–water partition coefficient (Wildman–Crippen LogP) is 3.66. The summed E-state index contributed by atoms with van der Waals surface area (Å²) in [5.41, 5.74) is 1.55. The number of fused-ring (bicyclic) bond motifs is 1. The molecule has 0 aliphatic heterocycles. The fourth-order valence-corrected chi connectivity index (χ4v) is 2.74. The number of nitrogens with one attached hydrogen (secondary N) is 1. The van der Waals surface area contributed by atoms with Gasteiger partial charge in [0.15, 0.2) is 0 Å². The molecule has 0 aliphatic rings. The molecule has 0 radical (unpaired) electrons. The van der Waals surface area contributed by atoms with E-state index in [1.807, 2.05) is 35.0 Å². The Morgan fingerprint density at radius 1 is 1.14 bits per heavy atom. The van der Waals surface area contributed by atoms with E-state index in [0.29, 0.717) is 22.2 Å². The van der Waals surface area contributed by atoms with Gasteiger partial charge in [0.05, 0.1) is 19.9 Å². The summed E-state index contributed by atoms with van der Waals surface area (Å²) in [6.45, 7) is 0.195. The van der Waals surface area contributed by atoms with E-state index >= 15 is 0 Å². The molecule has 3 rings (SSSR count). The second-order valence-electron chi connectivity index (χ2n) is 6.33. The molecule has 0 atom stereocenters. The maximum Gasteiger partial charge on any atom is 0.244 e. The van der Waals surface area contributed by atoms with Crippen LogP contribution in [0.1, 0.15) is 0 Å². The molecule has 1 heterocycles. The molecule has 7 nitrogen and oxygen atoms in total. The number of amides is 2. The van der Waals surface area contributed by atoms with Crippen LogP contribution in [-0.4, -0.2) is 50.1 Å². The lowest BCUT2D eigenvalue weighted by molar-refractivity contribution is -0.117. The maximum atomic E-state index is 12.4. The molecule has 0 saturated heterocycles. The van der Waals surface area contributed by atoms with Crippen molar-refractivity contribution in [3.8, 4) is 11.5 Å². The molecule has 1 N–H and O–H groups in total. The first kappa shape index (κ1) is 22.1. The number of anilines is 1. The van der Waals surface area contributed by atoms with Crippen molar-refractivity contribution in [2.75, 3.05) is 33.6 Å². The zero-order valence-corrected chi connectivity index (χ0v) is 17.6. The van der Waals surface area contributed by atoms with Crippen molar-refractivity contribution in [2.24, 2.45) is 0 Å². The average Bonchev–Trinajstić information content (AvgIpc) is 3.10. The van der Waals surface area contributed by atoms with Gasteiger partial charge in [0.1, 0.15) is 18.0 Å². The van der Waals surface area contributed by atoms with Crippen LogP contribution in [-0.2, 0) is 16.1 Å². The van der Waals surface area contributed by atoms with E-state index in [2.05, 4.69) is 5.32 Å². The number of benzene rings is 2. The molecule has 0 bridgehead atoms. The van der Waals surface area contributed by atoms with Crippen LogP contribution in [0.2, 0.25) is 5.02 Å². The summed E-state index contributed by atoms with van der Waals surface area (Å²) in [6.07, 6.45) is 2.62. The van der Waals surface area contributed by atoms with Gasteiger partial charge in [-0.1, -0.05) is 11.6 Å². The van der Waals surface area contributed by atoms with E-state index in [4.69, 9.17) is 21.1 Å². The highest BCUT2D eigenvalue weighted by molar-refractivity contribution is 6.31. The largest absolute Gasteiger partial charge is 0.497 e. The quantitative estimate of drug-likeness (QED) is 0.621. The van der Waals surface area contributed by atoms with Crippen molar-refractivity contribution in [1.82, 2.24) is 9.47 Å². The first-order valence-electron chi connectivity index (χ1n) is 8.76. The lowest BCUT2D eigenvalue weighted by Crippen LogP contribution is -2.18. The third kappa shape index (κ3) is 6.15. The fourth-order valence-electron chi connectivity index (χ4n) is 2.56. The van der Waals surface area contributed by atoms with Gasteiger partial charge in [-0.25, -0.2) is 0 Å². The minimum Gasteiger partial charge on any atom is -0.497 e. The van der Waals surface area contributed by atoms with E-state index in [0.717, 1.165) is 17.3 Å². The monoisotopic (exact) mass is 417 g/mol. The molecule has 0 aliphatic carbocycles. The van der Waals surface area contributed by atoms with Crippen molar-refractivity contribution in [3.05, 3.63) is 53.7 Å². The summed E-state index contributed by atoms with van der Waals surface area (Å²) in [5.74, 6) is 1.07. The molecule has 1 aromatic heterocycles. The lowest BCUT2D eigenvalue weighted by Gasteiger charge is -2.12. The number of halogens is 1. The number of aromatic nitrogens is 1. The molecule has 8 heteroatoms. The second kappa shape index (κ2) is 10.4. The number of methoxy groups -OCH3 is 2. The highest BCUT2D eigenvalue weighted by Crippen LogP contribution is 2.29. The predicted molar refractivity (Wildman–Crippen MR) is 115 cm³/mol. The zero-order valence-electron chi connectivity index (χ0n) is 16.8. The van der Waals surface area contributed by atoms with Gasteiger partial charge in [-0.3, -0.25) is 9.59 Å². The molecule has 2 amide bonds. The standard InChI is InChI=1S/C18H17ClN2O3.C3H7NO/c1-23-14-4-5-15(17(10-14)24-2)20-18(22)11-21-8-7-12-9-13(19)3-6-16(12)21;1-4(2)3-5/h3-10H,11H2,1-2H3,(H,20,22);3H,1-2H3. The summed E-state index contributed by atoms with van der Waals surface area (Å²) in [5, 5.41) is 4.53. The zero-order chi connectivity index (χ0) is 21.4. The molecule has 0 fully saturated rings. The summed E-state index contributed by atoms with van der Waals surface area (Å²) >= 11 is 5.99. The van der Waals surface area contributed by atoms with E-state index in [1.165, 1.54) is 4.90 Å². The van der Waals surface area contributed by atoms with Gasteiger partial charge >= 0.3 is 0 Å². The van der Waals surface area contributed by atoms with Gasteiger partial charge in [-0.05, 0) is 36.4 Å². The first-order valence-corrected chi connectivity index (χ1v) is 9.13. The molecule has 0 unspecified atom stereocenters. The number of carbonyl (C=O) groups is 2. The normalized spacial score (nSPS) is 9.97. The van der Waals surface area contributed by atoms with E-state index in [-0.39, 0.29) is 12.5 Å². The topological polar surface area (TPSA) is 72.8 Å². The van der Waals surface area contributed by atoms with Crippen LogP contribution in [0.5, 0.6) is 11.5 Å². The smallest absolute Gasteiger partial charge is 0.244 e. The Hall–Kier alpha value is -3.19. The number of carbonyl (C=O) groups excluding carboxylic acids is 2. The van der Waals surface area contributed by atoms with Crippen LogP contribution in [0.25, 0.3) is 10.9 Å². The third-order valence-corrected chi connectivity index (χ3v) is 4.18. The molecular weight excluding hydrogens is 394 g/mol. The van der Waals surface area contributed by atoms with Crippen molar-refractivity contribution < 1.29 is 19.1 Å². The minimum absolute atomic E-state index is 0.147. The number of hydrogen-bond acceptors (Lipinski definition) is 4. The van der Waals surface area contributed by atoms with E-state index in [9.17, 15) is 9.59 Å². The average molecular weight is 418 g/mol. The Morgan fingerprint density at radius 2 is 1.86 bits per heavy atom. The van der Waals surface area contributed by atoms with Gasteiger partial charge in [-0.2, -0.15) is 0 Å². The fraction of sp³-hybridized carbons (Fsp3) is 0.238. The number of rotatable bonds is 6. The Labute approximate surface area is 174 Å². The SMILES string of the molecule is CN(C)C=O.COc1ccc(NC(=O)Cn2ccc3cc(Cl)ccc32)c(OC)c1. The maximum absolute atomic E-state index is 12.4.